The quantitative estimate of drug-likeness (QED) is 0.632. The van der Waals surface area contributed by atoms with Gasteiger partial charge in [-0.15, -0.1) is 0 Å². The van der Waals surface area contributed by atoms with Gasteiger partial charge in [-0.1, -0.05) is 0 Å². The molecule has 7 nitrogen and oxygen atoms in total. The fourth-order valence-electron chi connectivity index (χ4n) is 1.47. The summed E-state index contributed by atoms with van der Waals surface area (Å²) in [5.41, 5.74) is -2.30. The van der Waals surface area contributed by atoms with Gasteiger partial charge in [0.2, 0.25) is 11.8 Å². The number of nitrogens with zero attached hydrogens (tertiary/aromatic N) is 1. The van der Waals surface area contributed by atoms with E-state index in [1.807, 2.05) is 4.98 Å². The van der Waals surface area contributed by atoms with E-state index in [4.69, 9.17) is 0 Å². The van der Waals surface area contributed by atoms with Crippen molar-refractivity contribution in [2.45, 2.75) is 20.4 Å². The Hall–Kier alpha value is -2.05. The maximum Gasteiger partial charge on any atom is 0.331 e. The van der Waals surface area contributed by atoms with Crippen LogP contribution in [0.15, 0.2) is 15.7 Å². The van der Waals surface area contributed by atoms with Crippen molar-refractivity contribution in [3.63, 3.8) is 0 Å². The van der Waals surface area contributed by atoms with Gasteiger partial charge in [0.25, 0.3) is 5.56 Å². The maximum absolute atomic E-state index is 11.5. The molecule has 0 aliphatic heterocycles. The lowest BCUT2D eigenvalue weighted by molar-refractivity contribution is -0.129. The minimum atomic E-state index is -0.881. The molecule has 0 unspecified atom stereocenters. The van der Waals surface area contributed by atoms with E-state index in [1.165, 1.54) is 7.05 Å². The van der Waals surface area contributed by atoms with Crippen LogP contribution in [0, 0.1) is 5.41 Å². The van der Waals surface area contributed by atoms with Crippen LogP contribution in [0.1, 0.15) is 13.8 Å². The molecule has 0 aliphatic carbocycles. The highest BCUT2D eigenvalue weighted by molar-refractivity contribution is 5.81. The molecule has 0 radical (unpaired) electrons. The lowest BCUT2D eigenvalue weighted by Crippen LogP contribution is -2.41. The number of hydrogen-bond donors (Lipinski definition) is 3. The Morgan fingerprint density at radius 2 is 2.12 bits per heavy atom. The highest BCUT2D eigenvalue weighted by Crippen LogP contribution is 2.19. The number of aromatic nitrogens is 2. The Balaban J connectivity index is 3.17. The van der Waals surface area contributed by atoms with E-state index in [0.717, 1.165) is 10.6 Å². The van der Waals surface area contributed by atoms with Crippen LogP contribution < -0.4 is 16.6 Å². The van der Waals surface area contributed by atoms with Crippen LogP contribution in [0.25, 0.3) is 0 Å². The van der Waals surface area contributed by atoms with E-state index in [1.54, 1.807) is 13.8 Å². The first-order chi connectivity index (χ1) is 7.77. The average Bonchev–Trinajstić information content (AvgIpc) is 2.22. The molecule has 1 aromatic heterocycles. The van der Waals surface area contributed by atoms with E-state index in [2.05, 4.69) is 5.32 Å². The fourth-order valence-corrected chi connectivity index (χ4v) is 1.47. The number of carbonyl (C=O) groups is 1. The summed E-state index contributed by atoms with van der Waals surface area (Å²) in [4.78, 5) is 35.9. The van der Waals surface area contributed by atoms with Gasteiger partial charge in [0.15, 0.2) is 0 Å². The van der Waals surface area contributed by atoms with Gasteiger partial charge in [0, 0.05) is 13.6 Å². The van der Waals surface area contributed by atoms with Crippen LogP contribution in [-0.4, -0.2) is 27.6 Å². The molecule has 0 bridgehead atoms. The minimum Gasteiger partial charge on any atom is -0.494 e. The normalized spacial score (nSPS) is 11.2. The van der Waals surface area contributed by atoms with Crippen LogP contribution in [0.5, 0.6) is 5.88 Å². The minimum absolute atomic E-state index is 0.0336. The number of H-pyrrole nitrogens is 1. The van der Waals surface area contributed by atoms with Crippen LogP contribution in [0.2, 0.25) is 0 Å². The second-order valence-electron chi connectivity index (χ2n) is 4.35. The Morgan fingerprint density at radius 3 is 2.59 bits per heavy atom. The van der Waals surface area contributed by atoms with Crippen molar-refractivity contribution in [1.29, 1.82) is 0 Å². The monoisotopic (exact) mass is 241 g/mol. The Bertz CT molecular complexity index is 541. The van der Waals surface area contributed by atoms with Crippen molar-refractivity contribution in [3.8, 4) is 5.88 Å². The lowest BCUT2D eigenvalue weighted by atomic mass is 9.92. The number of carbonyl (C=O) groups excluding carboxylic acids is 1. The Morgan fingerprint density at radius 1 is 1.53 bits per heavy atom. The molecule has 0 saturated heterocycles. The molecule has 0 spiro atoms. The van der Waals surface area contributed by atoms with Crippen molar-refractivity contribution < 1.29 is 9.90 Å². The summed E-state index contributed by atoms with van der Waals surface area (Å²) in [7, 11) is 1.49. The molecular weight excluding hydrogens is 226 g/mol. The van der Waals surface area contributed by atoms with Crippen molar-refractivity contribution in [1.82, 2.24) is 14.9 Å². The molecule has 1 aromatic rings. The van der Waals surface area contributed by atoms with Gasteiger partial charge >= 0.3 is 5.69 Å². The van der Waals surface area contributed by atoms with Crippen LogP contribution in [-0.2, 0) is 11.3 Å². The number of nitrogens with one attached hydrogen (secondary N) is 2. The standard InChI is InChI=1S/C10H15N3O4/c1-10(2,8(16)11-3)5-13-7(15)4-6(14)12-9(13)17/h4,15H,5H2,1-3H3,(H,11,16)(H,12,14,17). The van der Waals surface area contributed by atoms with Gasteiger partial charge in [-0.05, 0) is 13.8 Å². The predicted octanol–water partition coefficient (Wildman–Crippen LogP) is -0.986. The molecule has 1 amide bonds. The van der Waals surface area contributed by atoms with Crippen LogP contribution in [0.3, 0.4) is 0 Å². The van der Waals surface area contributed by atoms with Crippen LogP contribution in [0.4, 0.5) is 0 Å². The van der Waals surface area contributed by atoms with E-state index >= 15 is 0 Å². The van der Waals surface area contributed by atoms with Gasteiger partial charge in [-0.2, -0.15) is 0 Å². The Labute approximate surface area is 97.1 Å². The number of hydrogen-bond acceptors (Lipinski definition) is 4. The molecular formula is C10H15N3O4. The summed E-state index contributed by atoms with van der Waals surface area (Å²) in [5.74, 6) is -0.731. The summed E-state index contributed by atoms with van der Waals surface area (Å²) in [6.45, 7) is 3.22. The maximum atomic E-state index is 11.5. The summed E-state index contributed by atoms with van der Waals surface area (Å²) in [6, 6.07) is 0.890. The smallest absolute Gasteiger partial charge is 0.331 e. The number of aromatic amines is 1. The van der Waals surface area contributed by atoms with Crippen molar-refractivity contribution in [2.24, 2.45) is 5.41 Å². The molecule has 1 heterocycles. The van der Waals surface area contributed by atoms with Crippen molar-refractivity contribution >= 4 is 5.91 Å². The molecule has 0 aromatic carbocycles. The fraction of sp³-hybridized carbons (Fsp3) is 0.500. The molecule has 1 rings (SSSR count). The van der Waals surface area contributed by atoms with E-state index in [-0.39, 0.29) is 12.5 Å². The van der Waals surface area contributed by atoms with Crippen molar-refractivity contribution in [2.75, 3.05) is 7.05 Å². The van der Waals surface area contributed by atoms with E-state index in [9.17, 15) is 19.5 Å². The summed E-state index contributed by atoms with van der Waals surface area (Å²) in [5, 5.41) is 12.0. The molecule has 94 valence electrons. The van der Waals surface area contributed by atoms with Gasteiger partial charge in [0.1, 0.15) is 0 Å². The molecule has 0 atom stereocenters. The third-order valence-corrected chi connectivity index (χ3v) is 2.41. The third-order valence-electron chi connectivity index (χ3n) is 2.41. The first-order valence-corrected chi connectivity index (χ1v) is 5.03. The highest BCUT2D eigenvalue weighted by atomic mass is 16.3. The predicted molar refractivity (Wildman–Crippen MR) is 60.8 cm³/mol. The Kier molecular flexibility index (Phi) is 3.40. The number of rotatable bonds is 3. The third kappa shape index (κ3) is 2.74. The van der Waals surface area contributed by atoms with Crippen LogP contribution >= 0.6 is 0 Å². The second-order valence-corrected chi connectivity index (χ2v) is 4.35. The summed E-state index contributed by atoms with van der Waals surface area (Å²) < 4.78 is 0.941. The van der Waals surface area contributed by atoms with Gasteiger partial charge in [-0.3, -0.25) is 19.1 Å². The van der Waals surface area contributed by atoms with E-state index in [0.29, 0.717) is 0 Å². The summed E-state index contributed by atoms with van der Waals surface area (Å²) >= 11 is 0. The van der Waals surface area contributed by atoms with Gasteiger partial charge in [-0.25, -0.2) is 4.79 Å². The molecule has 3 N–H and O–H groups in total. The first kappa shape index (κ1) is 13.0. The number of aromatic hydroxyl groups is 1. The van der Waals surface area contributed by atoms with Gasteiger partial charge in [0.05, 0.1) is 11.5 Å². The molecule has 0 aliphatic rings. The lowest BCUT2D eigenvalue weighted by Gasteiger charge is -2.23. The topological polar surface area (TPSA) is 104 Å². The molecule has 0 fully saturated rings. The SMILES string of the molecule is CNC(=O)C(C)(C)Cn1c(O)cc(=O)[nH]c1=O. The zero-order valence-electron chi connectivity index (χ0n) is 9.90. The second kappa shape index (κ2) is 4.44. The molecule has 0 saturated carbocycles. The van der Waals surface area contributed by atoms with Crippen molar-refractivity contribution in [3.05, 3.63) is 26.9 Å². The first-order valence-electron chi connectivity index (χ1n) is 5.03. The zero-order valence-corrected chi connectivity index (χ0v) is 9.90. The molecule has 17 heavy (non-hydrogen) atoms. The zero-order chi connectivity index (χ0) is 13.2. The van der Waals surface area contributed by atoms with E-state index < -0.39 is 22.5 Å². The average molecular weight is 241 g/mol. The number of amides is 1. The van der Waals surface area contributed by atoms with Gasteiger partial charge < -0.3 is 10.4 Å². The highest BCUT2D eigenvalue weighted by Gasteiger charge is 2.28. The molecule has 7 heteroatoms. The largest absolute Gasteiger partial charge is 0.494 e. The summed E-state index contributed by atoms with van der Waals surface area (Å²) in [6.07, 6.45) is 0.